The van der Waals surface area contributed by atoms with Crippen molar-refractivity contribution in [2.45, 2.75) is 26.7 Å². The number of ether oxygens (including phenoxy) is 4. The van der Waals surface area contributed by atoms with Crippen LogP contribution in [0.4, 0.5) is 5.95 Å². The first-order valence-corrected chi connectivity index (χ1v) is 10.2. The maximum atomic E-state index is 6.02. The van der Waals surface area contributed by atoms with Crippen LogP contribution in [0.15, 0.2) is 16.6 Å². The van der Waals surface area contributed by atoms with Crippen molar-refractivity contribution in [3.63, 3.8) is 0 Å². The fourth-order valence-corrected chi connectivity index (χ4v) is 3.15. The summed E-state index contributed by atoms with van der Waals surface area (Å²) in [5.74, 6) is 2.55. The quantitative estimate of drug-likeness (QED) is 0.489. The summed E-state index contributed by atoms with van der Waals surface area (Å²) in [5.41, 5.74) is 1.14. The molecule has 0 saturated carbocycles. The van der Waals surface area contributed by atoms with E-state index in [1.54, 1.807) is 28.3 Å². The molecule has 0 aliphatic rings. The van der Waals surface area contributed by atoms with Crippen molar-refractivity contribution in [2.24, 2.45) is 0 Å². The summed E-state index contributed by atoms with van der Waals surface area (Å²) in [6.07, 6.45) is 0. The monoisotopic (exact) mass is 468 g/mol. The molecule has 2 aromatic rings. The summed E-state index contributed by atoms with van der Waals surface area (Å²) >= 11 is 3.58. The Balaban J connectivity index is 2.36. The summed E-state index contributed by atoms with van der Waals surface area (Å²) in [5, 5.41) is 0. The topological polar surface area (TPSA) is 78.8 Å². The molecule has 0 radical (unpaired) electrons. The van der Waals surface area contributed by atoms with Gasteiger partial charge in [0.1, 0.15) is 5.82 Å². The van der Waals surface area contributed by atoms with Gasteiger partial charge >= 0.3 is 6.01 Å². The molecular weight excluding hydrogens is 440 g/mol. The Kier molecular flexibility index (Phi) is 9.06. The van der Waals surface area contributed by atoms with E-state index in [0.29, 0.717) is 55.5 Å². The maximum absolute atomic E-state index is 6.02. The number of hydrogen-bond donors (Lipinski definition) is 0. The van der Waals surface area contributed by atoms with Crippen molar-refractivity contribution in [1.29, 1.82) is 0 Å². The molecule has 29 heavy (non-hydrogen) atoms. The lowest BCUT2D eigenvalue weighted by Gasteiger charge is -2.22. The second kappa shape index (κ2) is 11.3. The molecule has 0 N–H and O–H groups in total. The zero-order valence-corrected chi connectivity index (χ0v) is 19.4. The van der Waals surface area contributed by atoms with Gasteiger partial charge in [0, 0.05) is 27.3 Å². The first-order valence-electron chi connectivity index (χ1n) is 9.40. The smallest absolute Gasteiger partial charge is 0.327 e. The summed E-state index contributed by atoms with van der Waals surface area (Å²) in [6, 6.07) is 4.17. The van der Waals surface area contributed by atoms with E-state index in [2.05, 4.69) is 44.7 Å². The molecule has 0 atom stereocenters. The molecule has 0 saturated heterocycles. The molecule has 1 aromatic heterocycles. The highest BCUT2D eigenvalue weighted by atomic mass is 79.9. The van der Waals surface area contributed by atoms with Crippen LogP contribution in [0.2, 0.25) is 0 Å². The highest BCUT2D eigenvalue weighted by Gasteiger charge is 2.18. The fraction of sp³-hybridized carbons (Fsp3) is 0.550. The number of rotatable bonds is 11. The second-order valence-corrected chi connectivity index (χ2v) is 7.58. The van der Waals surface area contributed by atoms with E-state index in [-0.39, 0.29) is 6.01 Å². The Hall–Kier alpha value is -1.97. The van der Waals surface area contributed by atoms with Crippen molar-refractivity contribution in [2.75, 3.05) is 52.5 Å². The van der Waals surface area contributed by atoms with Gasteiger partial charge in [-0.3, -0.25) is 0 Å². The van der Waals surface area contributed by atoms with Crippen LogP contribution < -0.4 is 14.4 Å². The van der Waals surface area contributed by atoms with Crippen LogP contribution >= 0.6 is 15.9 Å². The van der Waals surface area contributed by atoms with Crippen LogP contribution in [0.3, 0.4) is 0 Å². The molecule has 0 aliphatic carbocycles. The van der Waals surface area contributed by atoms with Gasteiger partial charge in [-0.25, -0.2) is 0 Å². The van der Waals surface area contributed by atoms with Crippen molar-refractivity contribution in [1.82, 2.24) is 15.0 Å². The molecule has 0 unspecified atom stereocenters. The van der Waals surface area contributed by atoms with Gasteiger partial charge in [-0.1, -0.05) is 13.8 Å². The Bertz CT molecular complexity index is 796. The van der Waals surface area contributed by atoms with Crippen LogP contribution in [0.1, 0.15) is 31.2 Å². The first kappa shape index (κ1) is 23.3. The summed E-state index contributed by atoms with van der Waals surface area (Å²) in [4.78, 5) is 15.3. The van der Waals surface area contributed by atoms with Crippen LogP contribution in [-0.4, -0.2) is 62.6 Å². The van der Waals surface area contributed by atoms with E-state index in [1.165, 1.54) is 0 Å². The maximum Gasteiger partial charge on any atom is 0.327 e. The van der Waals surface area contributed by atoms with Gasteiger partial charge in [-0.15, -0.1) is 0 Å². The van der Waals surface area contributed by atoms with Crippen molar-refractivity contribution < 1.29 is 18.9 Å². The largest absolute Gasteiger partial charge is 0.493 e. The Morgan fingerprint density at radius 3 is 2.21 bits per heavy atom. The number of methoxy groups -OCH3 is 3. The number of benzene rings is 1. The number of anilines is 1. The third-order valence-electron chi connectivity index (χ3n) is 4.24. The van der Waals surface area contributed by atoms with Gasteiger partial charge in [-0.2, -0.15) is 15.0 Å². The molecule has 0 bridgehead atoms. The molecule has 0 spiro atoms. The summed E-state index contributed by atoms with van der Waals surface area (Å²) < 4.78 is 22.7. The van der Waals surface area contributed by atoms with Gasteiger partial charge < -0.3 is 23.8 Å². The number of nitrogens with zero attached hydrogens (tertiary/aromatic N) is 4. The van der Waals surface area contributed by atoms with Crippen LogP contribution in [0.25, 0.3) is 0 Å². The van der Waals surface area contributed by atoms with E-state index in [1.807, 2.05) is 17.0 Å². The molecule has 9 heteroatoms. The predicted molar refractivity (Wildman–Crippen MR) is 115 cm³/mol. The van der Waals surface area contributed by atoms with Crippen molar-refractivity contribution >= 4 is 21.9 Å². The van der Waals surface area contributed by atoms with Gasteiger partial charge in [0.2, 0.25) is 5.95 Å². The molecule has 8 nitrogen and oxygen atoms in total. The van der Waals surface area contributed by atoms with Crippen LogP contribution in [-0.2, 0) is 9.47 Å². The minimum atomic E-state index is 0.198. The molecule has 1 aromatic carbocycles. The number of halogens is 1. The Morgan fingerprint density at radius 2 is 1.66 bits per heavy atom. The zero-order valence-electron chi connectivity index (χ0n) is 17.9. The molecule has 2 rings (SSSR count). The van der Waals surface area contributed by atoms with E-state index >= 15 is 0 Å². The lowest BCUT2D eigenvalue weighted by Crippen LogP contribution is -2.32. The zero-order chi connectivity index (χ0) is 21.4. The van der Waals surface area contributed by atoms with E-state index in [4.69, 9.17) is 18.9 Å². The Labute approximate surface area is 180 Å². The average Bonchev–Trinajstić information content (AvgIpc) is 2.68. The minimum Gasteiger partial charge on any atom is -0.493 e. The number of aryl methyl sites for hydroxylation is 1. The van der Waals surface area contributed by atoms with E-state index in [9.17, 15) is 0 Å². The summed E-state index contributed by atoms with van der Waals surface area (Å²) in [7, 11) is 4.93. The number of hydrogen-bond acceptors (Lipinski definition) is 8. The van der Waals surface area contributed by atoms with Gasteiger partial charge in [0.05, 0.1) is 24.8 Å². The predicted octanol–water partition coefficient (Wildman–Crippen LogP) is 3.97. The second-order valence-electron chi connectivity index (χ2n) is 6.73. The highest BCUT2D eigenvalue weighted by Crippen LogP contribution is 2.40. The molecule has 160 valence electrons. The van der Waals surface area contributed by atoms with Crippen molar-refractivity contribution in [3.05, 3.63) is 28.0 Å². The van der Waals surface area contributed by atoms with E-state index < -0.39 is 0 Å². The third-order valence-corrected chi connectivity index (χ3v) is 4.83. The molecule has 0 amide bonds. The number of aromatic nitrogens is 3. The molecule has 1 heterocycles. The lowest BCUT2D eigenvalue weighted by molar-refractivity contribution is 0.189. The Morgan fingerprint density at radius 1 is 1.00 bits per heavy atom. The van der Waals surface area contributed by atoms with Gasteiger partial charge in [0.25, 0.3) is 0 Å². The van der Waals surface area contributed by atoms with Gasteiger partial charge in [-0.05, 0) is 46.5 Å². The average molecular weight is 469 g/mol. The van der Waals surface area contributed by atoms with Crippen LogP contribution in [0, 0.1) is 6.92 Å². The normalized spacial score (nSPS) is 11.0. The van der Waals surface area contributed by atoms with Crippen LogP contribution in [0.5, 0.6) is 17.5 Å². The van der Waals surface area contributed by atoms with Crippen molar-refractivity contribution in [3.8, 4) is 17.5 Å². The first-order chi connectivity index (χ1) is 13.9. The molecular formula is C20H29BrN4O4. The third kappa shape index (κ3) is 6.52. The standard InChI is InChI=1S/C20H29BrN4O4/c1-13(2)15-11-16(21)18(17(12-15)28-6)29-20-23-14(3)22-19(24-20)25(7-9-26-4)8-10-27-5/h11-13H,7-10H2,1-6H3. The molecule has 0 aliphatic heterocycles. The van der Waals surface area contributed by atoms with Gasteiger partial charge in [0.15, 0.2) is 11.5 Å². The van der Waals surface area contributed by atoms with E-state index in [0.717, 1.165) is 10.0 Å². The minimum absolute atomic E-state index is 0.198. The SMILES string of the molecule is COCCN(CCOC)c1nc(C)nc(Oc2c(Br)cc(C(C)C)cc2OC)n1. The lowest BCUT2D eigenvalue weighted by atomic mass is 10.0. The summed E-state index contributed by atoms with van der Waals surface area (Å²) in [6.45, 7) is 8.38. The highest BCUT2D eigenvalue weighted by molar-refractivity contribution is 9.10. The fourth-order valence-electron chi connectivity index (χ4n) is 2.61. The molecule has 0 fully saturated rings.